The van der Waals surface area contributed by atoms with Crippen LogP contribution in [0, 0.1) is 0 Å². The van der Waals surface area contributed by atoms with Crippen molar-refractivity contribution in [1.29, 1.82) is 0 Å². The number of ether oxygens (including phenoxy) is 1. The van der Waals surface area contributed by atoms with Gasteiger partial charge in [0.1, 0.15) is 6.04 Å². The molecule has 2 fully saturated rings. The summed E-state index contributed by atoms with van der Waals surface area (Å²) in [5, 5.41) is 7.28. The minimum absolute atomic E-state index is 0.0193. The monoisotopic (exact) mass is 506 g/mol. The fourth-order valence-corrected chi connectivity index (χ4v) is 4.73. The molecule has 9 nitrogen and oxygen atoms in total. The largest absolute Gasteiger partial charge is 0.488 e. The Morgan fingerprint density at radius 1 is 1.29 bits per heavy atom. The van der Waals surface area contributed by atoms with Crippen LogP contribution in [0.4, 0.5) is 11.8 Å². The topological polar surface area (TPSA) is 99.7 Å². The molecular weight excluding hydrogens is 479 g/mol. The maximum absolute atomic E-state index is 12.7. The van der Waals surface area contributed by atoms with Crippen molar-refractivity contribution < 1.29 is 14.3 Å². The third kappa shape index (κ3) is 5.47. The van der Waals surface area contributed by atoms with Crippen LogP contribution in [0.5, 0.6) is 5.75 Å². The average molecular weight is 507 g/mol. The van der Waals surface area contributed by atoms with E-state index in [1.807, 2.05) is 24.8 Å². The predicted molar refractivity (Wildman–Crippen MR) is 132 cm³/mol. The maximum Gasteiger partial charge on any atom is 0.245 e. The molecule has 2 amide bonds. The van der Waals surface area contributed by atoms with Gasteiger partial charge in [-0.3, -0.25) is 9.59 Å². The van der Waals surface area contributed by atoms with Gasteiger partial charge in [-0.25, -0.2) is 4.98 Å². The summed E-state index contributed by atoms with van der Waals surface area (Å²) in [5.41, 5.74) is 0.889. The molecule has 182 valence electrons. The Bertz CT molecular complexity index is 1060. The molecule has 11 heteroatoms. The quantitative estimate of drug-likeness (QED) is 0.594. The minimum atomic E-state index is -0.405. The molecule has 2 aliphatic rings. The van der Waals surface area contributed by atoms with Crippen molar-refractivity contribution in [3.05, 3.63) is 40.0 Å². The Morgan fingerprint density at radius 2 is 2.06 bits per heavy atom. The summed E-state index contributed by atoms with van der Waals surface area (Å²) < 4.78 is 5.73. The number of hydrogen-bond donors (Lipinski definition) is 2. The van der Waals surface area contributed by atoms with E-state index >= 15 is 0 Å². The summed E-state index contributed by atoms with van der Waals surface area (Å²) in [7, 11) is 0. The van der Waals surface area contributed by atoms with Crippen LogP contribution in [0.25, 0.3) is 0 Å². The normalized spacial score (nSPS) is 19.1. The van der Waals surface area contributed by atoms with Crippen LogP contribution in [0.15, 0.2) is 24.4 Å². The second kappa shape index (κ2) is 10.7. The highest BCUT2D eigenvalue weighted by molar-refractivity contribution is 6.35. The molecular formula is C23H28Cl2N6O3. The van der Waals surface area contributed by atoms with Crippen molar-refractivity contribution in [3.8, 4) is 5.75 Å². The van der Waals surface area contributed by atoms with Gasteiger partial charge < -0.3 is 25.2 Å². The number of aromatic nitrogens is 2. The molecule has 4 rings (SSSR count). The number of piperazine rings is 1. The van der Waals surface area contributed by atoms with Crippen molar-refractivity contribution in [2.45, 2.75) is 38.8 Å². The standard InChI is InChI=1S/C23H28Cl2N6O3/c1-3-34-19-13-26-23(29-21(19)27-14(2)16-5-4-15(24)12-17(16)25)31-10-8-30(9-11-31)22(33)18-6-7-20(32)28-18/h4-5,12-14,18H,3,6-11H2,1-2H3,(H,28,32)(H,26,27,29)/t14-,18-/m1/s1. The number of halogens is 2. The Balaban J connectivity index is 1.45. The van der Waals surface area contributed by atoms with E-state index in [9.17, 15) is 9.59 Å². The first kappa shape index (κ1) is 24.3. The highest BCUT2D eigenvalue weighted by Crippen LogP contribution is 2.32. The van der Waals surface area contributed by atoms with E-state index < -0.39 is 6.04 Å². The maximum atomic E-state index is 12.7. The van der Waals surface area contributed by atoms with Crippen LogP contribution in [-0.2, 0) is 9.59 Å². The van der Waals surface area contributed by atoms with Gasteiger partial charge in [-0.2, -0.15) is 4.98 Å². The van der Waals surface area contributed by atoms with E-state index in [1.54, 1.807) is 23.2 Å². The van der Waals surface area contributed by atoms with Crippen LogP contribution < -0.4 is 20.3 Å². The zero-order chi connectivity index (χ0) is 24.2. The molecule has 0 radical (unpaired) electrons. The summed E-state index contributed by atoms with van der Waals surface area (Å²) in [6.45, 7) is 6.64. The molecule has 2 N–H and O–H groups in total. The SMILES string of the molecule is CCOc1cnc(N2CCN(C(=O)[C@H]3CCC(=O)N3)CC2)nc1N[C@H](C)c1ccc(Cl)cc1Cl. The van der Waals surface area contributed by atoms with E-state index in [0.717, 1.165) is 5.56 Å². The molecule has 0 spiro atoms. The third-order valence-electron chi connectivity index (χ3n) is 5.99. The second-order valence-electron chi connectivity index (χ2n) is 8.32. The average Bonchev–Trinajstić information content (AvgIpc) is 3.26. The summed E-state index contributed by atoms with van der Waals surface area (Å²) in [4.78, 5) is 37.2. The number of nitrogens with zero attached hydrogens (tertiary/aromatic N) is 4. The van der Waals surface area contributed by atoms with Gasteiger partial charge in [0.15, 0.2) is 11.6 Å². The zero-order valence-electron chi connectivity index (χ0n) is 19.2. The second-order valence-corrected chi connectivity index (χ2v) is 9.16. The van der Waals surface area contributed by atoms with Crippen molar-refractivity contribution in [3.63, 3.8) is 0 Å². The van der Waals surface area contributed by atoms with Crippen LogP contribution in [0.3, 0.4) is 0 Å². The van der Waals surface area contributed by atoms with Crippen LogP contribution in [0.1, 0.15) is 38.3 Å². The fourth-order valence-electron chi connectivity index (χ4n) is 4.16. The molecule has 34 heavy (non-hydrogen) atoms. The third-order valence-corrected chi connectivity index (χ3v) is 6.55. The molecule has 2 aromatic rings. The number of benzene rings is 1. The fraction of sp³-hybridized carbons (Fsp3) is 0.478. The van der Waals surface area contributed by atoms with Crippen LogP contribution in [-0.4, -0.2) is 65.5 Å². The van der Waals surface area contributed by atoms with Gasteiger partial charge in [-0.1, -0.05) is 29.3 Å². The Labute approximate surface area is 208 Å². The molecule has 2 atom stereocenters. The number of carbonyl (C=O) groups is 2. The predicted octanol–water partition coefficient (Wildman–Crippen LogP) is 3.28. The number of amides is 2. The number of carbonyl (C=O) groups excluding carboxylic acids is 2. The summed E-state index contributed by atoms with van der Waals surface area (Å²) in [5.74, 6) is 1.59. The van der Waals surface area contributed by atoms with Gasteiger partial charge >= 0.3 is 0 Å². The van der Waals surface area contributed by atoms with Crippen molar-refractivity contribution in [2.75, 3.05) is 43.0 Å². The van der Waals surface area contributed by atoms with Crippen LogP contribution in [0.2, 0.25) is 10.0 Å². The number of anilines is 2. The van der Waals surface area contributed by atoms with E-state index in [0.29, 0.717) is 73.2 Å². The first-order chi connectivity index (χ1) is 16.4. The highest BCUT2D eigenvalue weighted by Gasteiger charge is 2.32. The summed E-state index contributed by atoms with van der Waals surface area (Å²) in [6, 6.07) is 4.84. The molecule has 0 aliphatic carbocycles. The van der Waals surface area contributed by atoms with E-state index in [4.69, 9.17) is 32.9 Å². The molecule has 1 aromatic heterocycles. The number of rotatable bonds is 7. The lowest BCUT2D eigenvalue weighted by atomic mass is 10.1. The number of nitrogens with one attached hydrogen (secondary N) is 2. The van der Waals surface area contributed by atoms with E-state index in [1.165, 1.54) is 0 Å². The van der Waals surface area contributed by atoms with Gasteiger partial charge in [0.25, 0.3) is 0 Å². The molecule has 2 aliphatic heterocycles. The van der Waals surface area contributed by atoms with Gasteiger partial charge in [0.05, 0.1) is 18.8 Å². The Hall–Kier alpha value is -2.78. The molecule has 0 saturated carbocycles. The Morgan fingerprint density at radius 3 is 2.71 bits per heavy atom. The number of hydrogen-bond acceptors (Lipinski definition) is 7. The van der Waals surface area contributed by atoms with Crippen molar-refractivity contribution >= 4 is 46.8 Å². The van der Waals surface area contributed by atoms with Gasteiger partial charge in [0, 0.05) is 42.6 Å². The van der Waals surface area contributed by atoms with Crippen molar-refractivity contribution in [2.24, 2.45) is 0 Å². The Kier molecular flexibility index (Phi) is 7.63. The highest BCUT2D eigenvalue weighted by atomic mass is 35.5. The van der Waals surface area contributed by atoms with E-state index in [2.05, 4.69) is 15.6 Å². The van der Waals surface area contributed by atoms with Crippen molar-refractivity contribution in [1.82, 2.24) is 20.2 Å². The molecule has 0 bridgehead atoms. The van der Waals surface area contributed by atoms with Crippen LogP contribution >= 0.6 is 23.2 Å². The smallest absolute Gasteiger partial charge is 0.245 e. The molecule has 0 unspecified atom stereocenters. The lowest BCUT2D eigenvalue weighted by molar-refractivity contribution is -0.134. The first-order valence-corrected chi connectivity index (χ1v) is 12.2. The van der Waals surface area contributed by atoms with Gasteiger partial charge in [-0.15, -0.1) is 0 Å². The molecule has 3 heterocycles. The summed E-state index contributed by atoms with van der Waals surface area (Å²) >= 11 is 12.4. The zero-order valence-corrected chi connectivity index (χ0v) is 20.7. The van der Waals surface area contributed by atoms with Gasteiger partial charge in [0.2, 0.25) is 17.8 Å². The summed E-state index contributed by atoms with van der Waals surface area (Å²) in [6.07, 6.45) is 2.63. The minimum Gasteiger partial charge on any atom is -0.488 e. The molecule has 2 saturated heterocycles. The first-order valence-electron chi connectivity index (χ1n) is 11.4. The van der Waals surface area contributed by atoms with E-state index in [-0.39, 0.29) is 17.9 Å². The van der Waals surface area contributed by atoms with Gasteiger partial charge in [-0.05, 0) is 38.0 Å². The lowest BCUT2D eigenvalue weighted by Crippen LogP contribution is -2.53. The lowest BCUT2D eigenvalue weighted by Gasteiger charge is -2.36. The molecule has 1 aromatic carbocycles.